The van der Waals surface area contributed by atoms with E-state index < -0.39 is 28.6 Å². The molecule has 1 aromatic rings. The third-order valence-corrected chi connectivity index (χ3v) is 10.7. The lowest BCUT2D eigenvalue weighted by atomic mass is 9.71. The predicted molar refractivity (Wildman–Crippen MR) is 145 cm³/mol. The summed E-state index contributed by atoms with van der Waals surface area (Å²) in [5.74, 6) is -2.23. The number of anilines is 1. The van der Waals surface area contributed by atoms with Gasteiger partial charge in [0.15, 0.2) is 0 Å². The minimum Gasteiger partial charge on any atom is -0.461 e. The first-order valence-electron chi connectivity index (χ1n) is 12.0. The summed E-state index contributed by atoms with van der Waals surface area (Å²) in [5, 5.41) is 9.57. The third kappa shape index (κ3) is 4.52. The number of amides is 2. The number of esters is 1. The number of carbonyl (C=O) groups excluding carboxylic acids is 3. The number of aliphatic hydroxyl groups excluding tert-OH is 1. The summed E-state index contributed by atoms with van der Waals surface area (Å²) < 4.78 is 4.62. The summed E-state index contributed by atoms with van der Waals surface area (Å²) in [6, 6.07) is 6.29. The SMILES string of the molecule is C=CCOC(=O)[C@H]1[C@@H]2SC3(CC2Br)C(C(=O)N(CC=C)c2ccccc2Cl)N(CCCCO)C(=O)[C@H]13. The first kappa shape index (κ1) is 27.2. The number of para-hydroxylation sites is 1. The van der Waals surface area contributed by atoms with E-state index in [0.29, 0.717) is 36.5 Å². The Hall–Kier alpha value is -1.81. The summed E-state index contributed by atoms with van der Waals surface area (Å²) in [7, 11) is 0. The number of rotatable bonds is 11. The van der Waals surface area contributed by atoms with Gasteiger partial charge in [-0.2, -0.15) is 0 Å². The minimum atomic E-state index is -0.794. The molecule has 0 saturated carbocycles. The van der Waals surface area contributed by atoms with Gasteiger partial charge in [-0.05, 0) is 31.4 Å². The normalized spacial score (nSPS) is 30.2. The van der Waals surface area contributed by atoms with Crippen LogP contribution in [0, 0.1) is 11.8 Å². The smallest absolute Gasteiger partial charge is 0.311 e. The maximum atomic E-state index is 14.4. The van der Waals surface area contributed by atoms with Crippen molar-refractivity contribution in [3.8, 4) is 0 Å². The summed E-state index contributed by atoms with van der Waals surface area (Å²) in [6.07, 6.45) is 4.75. The van der Waals surface area contributed by atoms with E-state index in [1.165, 1.54) is 6.08 Å². The molecule has 194 valence electrons. The van der Waals surface area contributed by atoms with Crippen LogP contribution in [0.5, 0.6) is 0 Å². The van der Waals surface area contributed by atoms with Crippen LogP contribution in [0.4, 0.5) is 5.69 Å². The fourth-order valence-electron chi connectivity index (χ4n) is 5.80. The van der Waals surface area contributed by atoms with E-state index in [1.54, 1.807) is 51.9 Å². The van der Waals surface area contributed by atoms with Crippen molar-refractivity contribution < 1.29 is 24.2 Å². The zero-order valence-electron chi connectivity index (χ0n) is 19.9. The molecule has 0 aliphatic carbocycles. The average Bonchev–Trinajstić information content (AvgIpc) is 3.45. The van der Waals surface area contributed by atoms with Gasteiger partial charge in [0.05, 0.1) is 27.3 Å². The molecule has 36 heavy (non-hydrogen) atoms. The maximum Gasteiger partial charge on any atom is 0.311 e. The summed E-state index contributed by atoms with van der Waals surface area (Å²) in [4.78, 5) is 44.6. The van der Waals surface area contributed by atoms with E-state index in [1.807, 2.05) is 0 Å². The highest BCUT2D eigenvalue weighted by Gasteiger charge is 2.76. The summed E-state index contributed by atoms with van der Waals surface area (Å²) >= 11 is 11.8. The first-order chi connectivity index (χ1) is 17.3. The number of alkyl halides is 1. The van der Waals surface area contributed by atoms with Crippen LogP contribution >= 0.6 is 39.3 Å². The molecule has 3 aliphatic heterocycles. The number of halogens is 2. The Kier molecular flexibility index (Phi) is 8.54. The molecule has 4 rings (SSSR count). The van der Waals surface area contributed by atoms with Gasteiger partial charge < -0.3 is 19.6 Å². The number of unbranched alkanes of at least 4 members (excludes halogenated alkanes) is 1. The molecule has 1 spiro atoms. The van der Waals surface area contributed by atoms with Crippen molar-refractivity contribution in [2.75, 3.05) is 31.2 Å². The highest BCUT2D eigenvalue weighted by atomic mass is 79.9. The quantitative estimate of drug-likeness (QED) is 0.181. The molecule has 3 aliphatic rings. The van der Waals surface area contributed by atoms with E-state index in [0.717, 1.165) is 0 Å². The van der Waals surface area contributed by atoms with E-state index in [9.17, 15) is 19.5 Å². The van der Waals surface area contributed by atoms with Crippen molar-refractivity contribution in [3.63, 3.8) is 0 Å². The number of thioether (sulfide) groups is 1. The van der Waals surface area contributed by atoms with Crippen LogP contribution in [-0.2, 0) is 19.1 Å². The number of hydrogen-bond donors (Lipinski definition) is 1. The second kappa shape index (κ2) is 11.3. The number of nitrogens with zero attached hydrogens (tertiary/aromatic N) is 2. The Morgan fingerprint density at radius 2 is 2.06 bits per heavy atom. The van der Waals surface area contributed by atoms with Gasteiger partial charge >= 0.3 is 5.97 Å². The molecule has 3 heterocycles. The van der Waals surface area contributed by atoms with Crippen LogP contribution in [0.25, 0.3) is 0 Å². The van der Waals surface area contributed by atoms with Gasteiger partial charge in [0.25, 0.3) is 5.91 Å². The van der Waals surface area contributed by atoms with Gasteiger partial charge in [0.2, 0.25) is 5.91 Å². The van der Waals surface area contributed by atoms with E-state index >= 15 is 0 Å². The van der Waals surface area contributed by atoms with E-state index in [4.69, 9.17) is 16.3 Å². The predicted octanol–water partition coefficient (Wildman–Crippen LogP) is 3.83. The monoisotopic (exact) mass is 596 g/mol. The Bertz CT molecular complexity index is 1060. The van der Waals surface area contributed by atoms with Gasteiger partial charge in [-0.3, -0.25) is 14.4 Å². The summed E-state index contributed by atoms with van der Waals surface area (Å²) in [5.41, 5.74) is 0.543. The zero-order chi connectivity index (χ0) is 26.0. The van der Waals surface area contributed by atoms with Crippen molar-refractivity contribution in [3.05, 3.63) is 54.6 Å². The minimum absolute atomic E-state index is 0.00572. The second-order valence-electron chi connectivity index (χ2n) is 9.23. The number of carbonyl (C=O) groups is 3. The Labute approximate surface area is 229 Å². The van der Waals surface area contributed by atoms with Gasteiger partial charge in [-0.1, -0.05) is 58.4 Å². The fourth-order valence-corrected chi connectivity index (χ4v) is 9.64. The molecule has 1 N–H and O–H groups in total. The molecule has 0 aromatic heterocycles. The molecular formula is C26H30BrClN2O5S. The Balaban J connectivity index is 1.77. The molecule has 6 atom stereocenters. The van der Waals surface area contributed by atoms with Crippen LogP contribution < -0.4 is 4.90 Å². The first-order valence-corrected chi connectivity index (χ1v) is 14.2. The lowest BCUT2D eigenvalue weighted by Gasteiger charge is -2.38. The van der Waals surface area contributed by atoms with Crippen molar-refractivity contribution in [1.82, 2.24) is 4.90 Å². The molecule has 3 unspecified atom stereocenters. The molecule has 0 radical (unpaired) electrons. The highest BCUT2D eigenvalue weighted by molar-refractivity contribution is 9.09. The topological polar surface area (TPSA) is 87.2 Å². The molecule has 2 amide bonds. The number of aliphatic hydroxyl groups is 1. The standard InChI is InChI=1S/C26H30BrClN2O5S/c1-3-11-29(18-10-6-5-9-17(18)28)24(33)22-26-15-16(27)21(36-26)19(25(34)35-14-4-2)20(26)23(32)30(22)12-7-8-13-31/h3-6,9-10,16,19-22,31H,1-2,7-8,11-15H2/t16?,19-,20+,21-,22?,26?/m1/s1. The van der Waals surface area contributed by atoms with Crippen molar-refractivity contribution in [2.24, 2.45) is 11.8 Å². The van der Waals surface area contributed by atoms with Crippen molar-refractivity contribution >= 4 is 62.8 Å². The fraction of sp³-hybridized carbons (Fsp3) is 0.500. The third-order valence-electron chi connectivity index (χ3n) is 7.17. The van der Waals surface area contributed by atoms with Crippen LogP contribution in [0.2, 0.25) is 5.02 Å². The number of likely N-dealkylation sites (tertiary alicyclic amines) is 1. The molecule has 7 nitrogen and oxygen atoms in total. The van der Waals surface area contributed by atoms with Crippen LogP contribution in [0.15, 0.2) is 49.6 Å². The summed E-state index contributed by atoms with van der Waals surface area (Å²) in [6.45, 7) is 8.02. The number of fused-ring (bicyclic) bond motifs is 1. The molecule has 1 aromatic carbocycles. The maximum absolute atomic E-state index is 14.4. The van der Waals surface area contributed by atoms with Crippen LogP contribution in [0.3, 0.4) is 0 Å². The lowest BCUT2D eigenvalue weighted by Crippen LogP contribution is -2.55. The highest BCUT2D eigenvalue weighted by Crippen LogP contribution is 2.68. The Morgan fingerprint density at radius 3 is 2.72 bits per heavy atom. The zero-order valence-corrected chi connectivity index (χ0v) is 23.0. The second-order valence-corrected chi connectivity index (χ2v) is 12.4. The van der Waals surface area contributed by atoms with Gasteiger partial charge in [0.1, 0.15) is 12.6 Å². The van der Waals surface area contributed by atoms with Crippen molar-refractivity contribution in [1.29, 1.82) is 0 Å². The average molecular weight is 598 g/mol. The number of ether oxygens (including phenoxy) is 1. The number of benzene rings is 1. The molecule has 3 saturated heterocycles. The molecular weight excluding hydrogens is 568 g/mol. The van der Waals surface area contributed by atoms with Crippen molar-refractivity contribution in [2.45, 2.75) is 40.1 Å². The largest absolute Gasteiger partial charge is 0.461 e. The van der Waals surface area contributed by atoms with Crippen LogP contribution in [0.1, 0.15) is 19.3 Å². The number of hydrogen-bond acceptors (Lipinski definition) is 6. The van der Waals surface area contributed by atoms with Gasteiger partial charge in [-0.15, -0.1) is 18.3 Å². The lowest BCUT2D eigenvalue weighted by molar-refractivity contribution is -0.153. The van der Waals surface area contributed by atoms with Gasteiger partial charge in [-0.25, -0.2) is 0 Å². The van der Waals surface area contributed by atoms with Gasteiger partial charge in [0, 0.05) is 29.8 Å². The molecule has 3 fully saturated rings. The molecule has 2 bridgehead atoms. The Morgan fingerprint density at radius 1 is 1.31 bits per heavy atom. The van der Waals surface area contributed by atoms with Crippen LogP contribution in [-0.4, -0.2) is 75.0 Å². The molecule has 10 heteroatoms. The van der Waals surface area contributed by atoms with E-state index in [-0.39, 0.29) is 41.6 Å². The van der Waals surface area contributed by atoms with E-state index in [2.05, 4.69) is 29.1 Å².